The molecule has 14 nitrogen and oxygen atoms in total. The number of hydroxylamine groups is 1. The molecule has 0 saturated heterocycles. The van der Waals surface area contributed by atoms with Crippen molar-refractivity contribution in [1.82, 2.24) is 15.8 Å². The number of nitrogens with one attached hydrogen (secondary N) is 1. The fourth-order valence-corrected chi connectivity index (χ4v) is 0.934. The molecule has 0 aromatic carbocycles. The number of nitrogens with zero attached hydrogens (tertiary/aromatic N) is 7. The van der Waals surface area contributed by atoms with E-state index in [9.17, 15) is 20.2 Å². The van der Waals surface area contributed by atoms with Crippen molar-refractivity contribution in [2.75, 3.05) is 0 Å². The van der Waals surface area contributed by atoms with Crippen molar-refractivity contribution in [3.8, 4) is 0 Å². The van der Waals surface area contributed by atoms with Gasteiger partial charge in [-0.25, -0.2) is 4.63 Å². The van der Waals surface area contributed by atoms with Crippen LogP contribution in [0, 0.1) is 20.2 Å². The van der Waals surface area contributed by atoms with Gasteiger partial charge in [-0.15, -0.1) is 10.2 Å². The largest absolute Gasteiger partial charge is 0.619 e. The maximum absolute atomic E-state index is 10.7. The van der Waals surface area contributed by atoms with E-state index < -0.39 is 21.5 Å². The van der Waals surface area contributed by atoms with Gasteiger partial charge in [0.05, 0.1) is 0 Å². The van der Waals surface area contributed by atoms with Gasteiger partial charge in [0.1, 0.15) is 16.0 Å². The number of rotatable bonds is 3. The van der Waals surface area contributed by atoms with E-state index in [4.69, 9.17) is 0 Å². The van der Waals surface area contributed by atoms with Crippen LogP contribution in [0.25, 0.3) is 0 Å². The van der Waals surface area contributed by atoms with E-state index in [-0.39, 0.29) is 5.82 Å². The summed E-state index contributed by atoms with van der Waals surface area (Å²) in [5.41, 5.74) is 1.53. The molecule has 0 spiro atoms. The Kier molecular flexibility index (Phi) is 2.60. The summed E-state index contributed by atoms with van der Waals surface area (Å²) in [7, 11) is 0. The third-order valence-electron chi connectivity index (χ3n) is 1.76. The van der Waals surface area contributed by atoms with Crippen molar-refractivity contribution in [2.24, 2.45) is 15.4 Å². The molecule has 1 aromatic heterocycles. The van der Waals surface area contributed by atoms with Gasteiger partial charge in [0.15, 0.2) is 0 Å². The van der Waals surface area contributed by atoms with E-state index in [0.29, 0.717) is 0 Å². The Morgan fingerprint density at radius 3 is 2.61 bits per heavy atom. The molecule has 2 rings (SSSR count). The van der Waals surface area contributed by atoms with Crippen molar-refractivity contribution in [3.63, 3.8) is 0 Å². The highest BCUT2D eigenvalue weighted by Crippen LogP contribution is 2.18. The van der Waals surface area contributed by atoms with Crippen LogP contribution in [0.3, 0.4) is 0 Å². The van der Waals surface area contributed by atoms with E-state index in [0.717, 1.165) is 6.20 Å². The Morgan fingerprint density at radius 2 is 2.06 bits per heavy atom. The predicted octanol–water partition coefficient (Wildman–Crippen LogP) is -0.791. The van der Waals surface area contributed by atoms with Gasteiger partial charge < -0.3 is 0 Å². The average Bonchev–Trinajstić information content (AvgIpc) is 2.95. The van der Waals surface area contributed by atoms with Gasteiger partial charge in [-0.3, -0.25) is 25.2 Å². The summed E-state index contributed by atoms with van der Waals surface area (Å²) in [4.78, 5) is 23.0. The number of nitro groups is 2. The molecule has 1 aliphatic heterocycles. The number of aromatic nitrogens is 2. The SMILES string of the molecule is O=[N+]([O-])C1([N+](=O)[O-])NON=C1N=Nc1cnon1. The molecule has 0 unspecified atom stereocenters. The molecule has 0 radical (unpaired) electrons. The standard InChI is InChI=1S/C4H2N8O6/c13-11(14)4(12(15)16)3(9-18-10-4)7-6-2-1-5-17-8-2/h1,10H. The van der Waals surface area contributed by atoms with Crippen LogP contribution in [-0.4, -0.2) is 31.8 Å². The van der Waals surface area contributed by atoms with Crippen LogP contribution in [0.5, 0.6) is 0 Å². The zero-order chi connectivity index (χ0) is 13.2. The second-order valence-electron chi connectivity index (χ2n) is 2.76. The topological polar surface area (TPSA) is 184 Å². The van der Waals surface area contributed by atoms with Crippen LogP contribution in [0.15, 0.2) is 26.2 Å². The van der Waals surface area contributed by atoms with Crippen molar-refractivity contribution in [1.29, 1.82) is 0 Å². The maximum Gasteiger partial charge on any atom is 0.619 e. The van der Waals surface area contributed by atoms with Crippen LogP contribution in [0.2, 0.25) is 0 Å². The van der Waals surface area contributed by atoms with Crippen molar-refractivity contribution < 1.29 is 19.4 Å². The highest BCUT2D eigenvalue weighted by Gasteiger charge is 2.68. The Bertz CT molecular complexity index is 520. The number of amidine groups is 1. The lowest BCUT2D eigenvalue weighted by atomic mass is 10.3. The number of hydrogen-bond donors (Lipinski definition) is 1. The van der Waals surface area contributed by atoms with E-state index in [2.05, 4.69) is 35.3 Å². The minimum atomic E-state index is -3.01. The van der Waals surface area contributed by atoms with Gasteiger partial charge in [0.2, 0.25) is 5.82 Å². The fraction of sp³-hybridized carbons (Fsp3) is 0.250. The third-order valence-corrected chi connectivity index (χ3v) is 1.76. The molecule has 0 fully saturated rings. The third kappa shape index (κ3) is 1.61. The van der Waals surface area contributed by atoms with Gasteiger partial charge in [0.25, 0.3) is 0 Å². The molecule has 1 aliphatic rings. The number of oxime groups is 1. The lowest BCUT2D eigenvalue weighted by molar-refractivity contribution is -0.785. The number of hydrogen-bond acceptors (Lipinski definition) is 12. The van der Waals surface area contributed by atoms with Crippen molar-refractivity contribution in [2.45, 2.75) is 5.79 Å². The maximum atomic E-state index is 10.7. The zero-order valence-electron chi connectivity index (χ0n) is 8.16. The summed E-state index contributed by atoms with van der Waals surface area (Å²) in [6.07, 6.45) is 1.04. The second-order valence-corrected chi connectivity index (χ2v) is 2.76. The van der Waals surface area contributed by atoms with Crippen LogP contribution >= 0.6 is 0 Å². The van der Waals surface area contributed by atoms with Crippen molar-refractivity contribution in [3.05, 3.63) is 26.4 Å². The average molecular weight is 258 g/mol. The van der Waals surface area contributed by atoms with Gasteiger partial charge in [-0.2, -0.15) is 0 Å². The summed E-state index contributed by atoms with van der Waals surface area (Å²) in [6, 6.07) is 0. The highest BCUT2D eigenvalue weighted by molar-refractivity contribution is 5.89. The Labute approximate surface area is 95.5 Å². The van der Waals surface area contributed by atoms with E-state index in [1.165, 1.54) is 5.48 Å². The van der Waals surface area contributed by atoms with Gasteiger partial charge in [-0.05, 0) is 10.3 Å². The monoisotopic (exact) mass is 258 g/mol. The number of azo groups is 1. The molecular formula is C4H2N8O6. The van der Waals surface area contributed by atoms with Crippen LogP contribution in [0.4, 0.5) is 5.82 Å². The highest BCUT2D eigenvalue weighted by atomic mass is 16.8. The smallest absolute Gasteiger partial charge is 0.284 e. The van der Waals surface area contributed by atoms with Crippen LogP contribution < -0.4 is 5.48 Å². The minimum absolute atomic E-state index is 0.148. The summed E-state index contributed by atoms with van der Waals surface area (Å²) in [5.74, 6) is -4.06. The molecular weight excluding hydrogens is 256 g/mol. The first-order chi connectivity index (χ1) is 8.57. The van der Waals surface area contributed by atoms with Gasteiger partial charge >= 0.3 is 11.6 Å². The van der Waals surface area contributed by atoms with E-state index in [1.54, 1.807) is 0 Å². The molecule has 0 bridgehead atoms. The zero-order valence-corrected chi connectivity index (χ0v) is 8.16. The Hall–Kier alpha value is -3.03. The lowest BCUT2D eigenvalue weighted by Gasteiger charge is -2.06. The second kappa shape index (κ2) is 4.09. The summed E-state index contributed by atoms with van der Waals surface area (Å²) in [5, 5.41) is 37.4. The molecule has 0 saturated carbocycles. The quantitative estimate of drug-likeness (QED) is 0.313. The Morgan fingerprint density at radius 1 is 1.33 bits per heavy atom. The first kappa shape index (κ1) is 11.5. The molecule has 94 valence electrons. The summed E-state index contributed by atoms with van der Waals surface area (Å²) >= 11 is 0. The lowest BCUT2D eigenvalue weighted by Crippen LogP contribution is -2.59. The molecule has 14 heteroatoms. The summed E-state index contributed by atoms with van der Waals surface area (Å²) in [6.45, 7) is 0. The predicted molar refractivity (Wildman–Crippen MR) is 47.2 cm³/mol. The molecule has 2 heterocycles. The molecule has 0 amide bonds. The normalized spacial score (nSPS) is 17.4. The van der Waals surface area contributed by atoms with E-state index >= 15 is 0 Å². The molecule has 1 N–H and O–H groups in total. The van der Waals surface area contributed by atoms with Crippen LogP contribution in [-0.2, 0) is 4.94 Å². The van der Waals surface area contributed by atoms with Crippen molar-refractivity contribution >= 4 is 11.7 Å². The first-order valence-electron chi connectivity index (χ1n) is 4.07. The molecule has 18 heavy (non-hydrogen) atoms. The molecule has 1 aromatic rings. The van der Waals surface area contributed by atoms with Gasteiger partial charge in [0, 0.05) is 5.48 Å². The fourth-order valence-electron chi connectivity index (χ4n) is 0.934. The first-order valence-corrected chi connectivity index (χ1v) is 4.07. The van der Waals surface area contributed by atoms with Gasteiger partial charge in [-0.1, -0.05) is 5.16 Å². The minimum Gasteiger partial charge on any atom is -0.284 e. The van der Waals surface area contributed by atoms with Crippen LogP contribution in [0.1, 0.15) is 0 Å². The Balaban J connectivity index is 2.32. The molecule has 0 aliphatic carbocycles. The summed E-state index contributed by atoms with van der Waals surface area (Å²) < 4.78 is 4.17. The van der Waals surface area contributed by atoms with E-state index in [1.807, 2.05) is 0 Å². The molecule has 0 atom stereocenters.